The highest BCUT2D eigenvalue weighted by molar-refractivity contribution is 6.31. The lowest BCUT2D eigenvalue weighted by Crippen LogP contribution is -2.14. The van der Waals surface area contributed by atoms with Crippen molar-refractivity contribution >= 4 is 23.2 Å². The zero-order valence-corrected chi connectivity index (χ0v) is 16.2. The van der Waals surface area contributed by atoms with Gasteiger partial charge in [0.05, 0.1) is 17.8 Å². The van der Waals surface area contributed by atoms with Crippen molar-refractivity contribution < 1.29 is 4.79 Å². The summed E-state index contributed by atoms with van der Waals surface area (Å²) in [5, 5.41) is 8.21. The summed E-state index contributed by atoms with van der Waals surface area (Å²) < 4.78 is 1.83. The van der Waals surface area contributed by atoms with E-state index in [9.17, 15) is 4.79 Å². The van der Waals surface area contributed by atoms with Crippen LogP contribution in [0.4, 0.5) is 5.69 Å². The Morgan fingerprint density at radius 2 is 1.81 bits per heavy atom. The number of rotatable bonds is 4. The molecule has 5 heteroatoms. The first-order valence-corrected chi connectivity index (χ1v) is 8.90. The van der Waals surface area contributed by atoms with Gasteiger partial charge in [0.2, 0.25) is 0 Å². The molecule has 1 amide bonds. The van der Waals surface area contributed by atoms with E-state index in [1.165, 1.54) is 5.56 Å². The number of carbonyl (C=O) groups excluding carboxylic acids is 1. The van der Waals surface area contributed by atoms with E-state index in [0.717, 1.165) is 22.5 Å². The van der Waals surface area contributed by atoms with E-state index < -0.39 is 0 Å². The van der Waals surface area contributed by atoms with Crippen LogP contribution in [-0.2, 0) is 6.54 Å². The van der Waals surface area contributed by atoms with E-state index in [-0.39, 0.29) is 5.91 Å². The smallest absolute Gasteiger partial charge is 0.259 e. The molecule has 3 aromatic rings. The second-order valence-corrected chi connectivity index (χ2v) is 6.96. The maximum atomic E-state index is 12.8. The van der Waals surface area contributed by atoms with Crippen molar-refractivity contribution in [2.45, 2.75) is 34.2 Å². The zero-order valence-electron chi connectivity index (χ0n) is 15.4. The van der Waals surface area contributed by atoms with Crippen LogP contribution in [-0.4, -0.2) is 15.7 Å². The predicted molar refractivity (Wildman–Crippen MR) is 106 cm³/mol. The molecule has 2 aromatic carbocycles. The molecule has 1 N–H and O–H groups in total. The van der Waals surface area contributed by atoms with Gasteiger partial charge in [-0.2, -0.15) is 5.10 Å². The van der Waals surface area contributed by atoms with Gasteiger partial charge < -0.3 is 5.32 Å². The summed E-state index contributed by atoms with van der Waals surface area (Å²) in [6.45, 7) is 8.37. The number of nitrogens with one attached hydrogen (secondary N) is 1. The molecule has 26 heavy (non-hydrogen) atoms. The number of nitrogens with zero attached hydrogens (tertiary/aromatic N) is 2. The third-order valence-electron chi connectivity index (χ3n) is 4.65. The van der Waals surface area contributed by atoms with E-state index in [1.807, 2.05) is 74.8 Å². The van der Waals surface area contributed by atoms with Crippen LogP contribution in [0.2, 0.25) is 5.02 Å². The van der Waals surface area contributed by atoms with Gasteiger partial charge in [-0.05, 0) is 62.6 Å². The van der Waals surface area contributed by atoms with Crippen molar-refractivity contribution in [3.63, 3.8) is 0 Å². The summed E-state index contributed by atoms with van der Waals surface area (Å²) in [5.41, 5.74) is 6.24. The van der Waals surface area contributed by atoms with Gasteiger partial charge in [0.25, 0.3) is 5.91 Å². The summed E-state index contributed by atoms with van der Waals surface area (Å²) in [7, 11) is 0. The molecule has 0 aliphatic heterocycles. The van der Waals surface area contributed by atoms with Crippen LogP contribution >= 0.6 is 11.6 Å². The molecule has 0 atom stereocenters. The first-order chi connectivity index (χ1) is 12.4. The highest BCUT2D eigenvalue weighted by atomic mass is 35.5. The highest BCUT2D eigenvalue weighted by Gasteiger charge is 2.19. The zero-order chi connectivity index (χ0) is 18.8. The lowest BCUT2D eigenvalue weighted by molar-refractivity contribution is 0.102. The Balaban J connectivity index is 1.86. The van der Waals surface area contributed by atoms with Crippen molar-refractivity contribution in [2.24, 2.45) is 0 Å². The van der Waals surface area contributed by atoms with Gasteiger partial charge in [0, 0.05) is 16.4 Å². The summed E-state index contributed by atoms with van der Waals surface area (Å²) in [4.78, 5) is 12.8. The molecule has 0 aliphatic rings. The second-order valence-electron chi connectivity index (χ2n) is 6.55. The fraction of sp³-hybridized carbons (Fsp3) is 0.238. The molecule has 1 heterocycles. The van der Waals surface area contributed by atoms with Crippen molar-refractivity contribution in [3.05, 3.63) is 81.1 Å². The molecule has 0 unspecified atom stereocenters. The third-order valence-corrected chi connectivity index (χ3v) is 5.02. The van der Waals surface area contributed by atoms with E-state index >= 15 is 0 Å². The quantitative estimate of drug-likeness (QED) is 0.699. The number of hydrogen-bond donors (Lipinski definition) is 1. The summed E-state index contributed by atoms with van der Waals surface area (Å²) in [6, 6.07) is 13.6. The first-order valence-electron chi connectivity index (χ1n) is 8.53. The predicted octanol–water partition coefficient (Wildman–Crippen LogP) is 5.07. The molecular weight excluding hydrogens is 346 g/mol. The number of halogens is 1. The van der Waals surface area contributed by atoms with E-state index in [2.05, 4.69) is 10.4 Å². The number of hydrogen-bond acceptors (Lipinski definition) is 2. The Kier molecular flexibility index (Phi) is 5.14. The Hall–Kier alpha value is -2.59. The molecule has 0 aliphatic carbocycles. The van der Waals surface area contributed by atoms with Gasteiger partial charge in [0.15, 0.2) is 0 Å². The van der Waals surface area contributed by atoms with Gasteiger partial charge in [-0.25, -0.2) is 0 Å². The maximum Gasteiger partial charge on any atom is 0.259 e. The number of benzene rings is 2. The van der Waals surface area contributed by atoms with Crippen LogP contribution in [0.3, 0.4) is 0 Å². The molecule has 134 valence electrons. The van der Waals surface area contributed by atoms with Crippen LogP contribution in [0, 0.1) is 27.7 Å². The minimum absolute atomic E-state index is 0.145. The largest absolute Gasteiger partial charge is 0.322 e. The van der Waals surface area contributed by atoms with Crippen LogP contribution in [0.1, 0.15) is 38.4 Å². The van der Waals surface area contributed by atoms with Crippen molar-refractivity contribution in [3.8, 4) is 0 Å². The molecule has 0 bridgehead atoms. The van der Waals surface area contributed by atoms with Crippen LogP contribution in [0.25, 0.3) is 0 Å². The van der Waals surface area contributed by atoms with E-state index in [1.54, 1.807) is 0 Å². The summed E-state index contributed by atoms with van der Waals surface area (Å²) in [5.74, 6) is -0.145. The molecular formula is C21H22ClN3O. The van der Waals surface area contributed by atoms with Crippen molar-refractivity contribution in [1.82, 2.24) is 9.78 Å². The summed E-state index contributed by atoms with van der Waals surface area (Å²) in [6.07, 6.45) is 0. The van der Waals surface area contributed by atoms with Crippen LogP contribution in [0.5, 0.6) is 0 Å². The lowest BCUT2D eigenvalue weighted by atomic mass is 10.1. The van der Waals surface area contributed by atoms with Crippen LogP contribution < -0.4 is 5.32 Å². The number of aromatic nitrogens is 2. The molecule has 3 rings (SSSR count). The average molecular weight is 368 g/mol. The molecule has 0 radical (unpaired) electrons. The molecule has 0 spiro atoms. The number of anilines is 1. The molecule has 4 nitrogen and oxygen atoms in total. The Bertz CT molecular complexity index is 975. The van der Waals surface area contributed by atoms with Crippen LogP contribution in [0.15, 0.2) is 42.5 Å². The summed E-state index contributed by atoms with van der Waals surface area (Å²) >= 11 is 6.25. The average Bonchev–Trinajstić information content (AvgIpc) is 2.87. The van der Waals surface area contributed by atoms with Gasteiger partial charge in [-0.3, -0.25) is 9.48 Å². The minimum atomic E-state index is -0.145. The topological polar surface area (TPSA) is 46.9 Å². The Morgan fingerprint density at radius 1 is 1.08 bits per heavy atom. The number of amides is 1. The SMILES string of the molecule is Cc1ccc(NC(=O)c2c(C)nn(Cc3ccccc3Cl)c2C)cc1C. The first kappa shape index (κ1) is 18.2. The van der Waals surface area contributed by atoms with Crippen molar-refractivity contribution in [1.29, 1.82) is 0 Å². The van der Waals surface area contributed by atoms with Gasteiger partial charge in [-0.1, -0.05) is 35.9 Å². The fourth-order valence-electron chi connectivity index (χ4n) is 2.98. The molecule has 1 aromatic heterocycles. The lowest BCUT2D eigenvalue weighted by Gasteiger charge is -2.09. The second kappa shape index (κ2) is 7.34. The monoisotopic (exact) mass is 367 g/mol. The minimum Gasteiger partial charge on any atom is -0.322 e. The van der Waals surface area contributed by atoms with E-state index in [4.69, 9.17) is 11.6 Å². The highest BCUT2D eigenvalue weighted by Crippen LogP contribution is 2.21. The van der Waals surface area contributed by atoms with Crippen molar-refractivity contribution in [2.75, 3.05) is 5.32 Å². The number of aryl methyl sites for hydroxylation is 3. The van der Waals surface area contributed by atoms with Gasteiger partial charge in [0.1, 0.15) is 0 Å². The Morgan fingerprint density at radius 3 is 2.50 bits per heavy atom. The standard InChI is InChI=1S/C21H22ClN3O/c1-13-9-10-18(11-14(13)2)23-21(26)20-15(3)24-25(16(20)4)12-17-7-5-6-8-19(17)22/h5-11H,12H2,1-4H3,(H,23,26). The van der Waals surface area contributed by atoms with Gasteiger partial charge >= 0.3 is 0 Å². The Labute approximate surface area is 158 Å². The molecule has 0 fully saturated rings. The van der Waals surface area contributed by atoms with Gasteiger partial charge in [-0.15, -0.1) is 0 Å². The number of carbonyl (C=O) groups is 1. The van der Waals surface area contributed by atoms with E-state index in [0.29, 0.717) is 22.8 Å². The molecule has 0 saturated heterocycles. The molecule has 0 saturated carbocycles. The third kappa shape index (κ3) is 3.65. The normalized spacial score (nSPS) is 10.8. The maximum absolute atomic E-state index is 12.8. The fourth-order valence-corrected chi connectivity index (χ4v) is 3.18.